The molecule has 2 aromatic heterocycles. The highest BCUT2D eigenvalue weighted by Crippen LogP contribution is 2.24. The van der Waals surface area contributed by atoms with Crippen LogP contribution in [-0.2, 0) is 6.42 Å². The molecule has 0 saturated heterocycles. The Morgan fingerprint density at radius 3 is 2.84 bits per heavy atom. The summed E-state index contributed by atoms with van der Waals surface area (Å²) in [5, 5.41) is 5.80. The number of fused-ring (bicyclic) bond motifs is 1. The van der Waals surface area contributed by atoms with Gasteiger partial charge in [0, 0.05) is 30.9 Å². The third-order valence-corrected chi connectivity index (χ3v) is 4.03. The summed E-state index contributed by atoms with van der Waals surface area (Å²) >= 11 is 0. The lowest BCUT2D eigenvalue weighted by Crippen LogP contribution is -2.38. The van der Waals surface area contributed by atoms with Gasteiger partial charge in [-0.2, -0.15) is 0 Å². The van der Waals surface area contributed by atoms with Crippen molar-refractivity contribution in [3.63, 3.8) is 0 Å². The first-order valence-corrected chi connectivity index (χ1v) is 8.27. The summed E-state index contributed by atoms with van der Waals surface area (Å²) in [6.45, 7) is 2.45. The van der Waals surface area contributed by atoms with E-state index in [1.807, 2.05) is 66.2 Å². The monoisotopic (exact) mass is 338 g/mol. The lowest BCUT2D eigenvalue weighted by Gasteiger charge is -2.17. The lowest BCUT2D eigenvalue weighted by atomic mass is 10.1. The number of pyridine rings is 1. The number of nitrogens with one attached hydrogen (secondary N) is 2. The van der Waals surface area contributed by atoms with E-state index in [4.69, 9.17) is 4.74 Å². The SMILES string of the molecule is COc1ccccc1C(C)NC(=O)NCCc1cn2ccccc2n1. The second-order valence-corrected chi connectivity index (χ2v) is 5.81. The molecule has 1 unspecified atom stereocenters. The van der Waals surface area contributed by atoms with Crippen molar-refractivity contribution in [2.45, 2.75) is 19.4 Å². The zero-order chi connectivity index (χ0) is 17.6. The van der Waals surface area contributed by atoms with E-state index in [2.05, 4.69) is 15.6 Å². The quantitative estimate of drug-likeness (QED) is 0.726. The van der Waals surface area contributed by atoms with Gasteiger partial charge in [-0.05, 0) is 25.1 Å². The molecule has 0 saturated carbocycles. The molecule has 0 spiro atoms. The number of nitrogens with zero attached hydrogens (tertiary/aromatic N) is 2. The number of benzene rings is 1. The fraction of sp³-hybridized carbons (Fsp3) is 0.263. The smallest absolute Gasteiger partial charge is 0.315 e. The van der Waals surface area contributed by atoms with Crippen molar-refractivity contribution in [2.75, 3.05) is 13.7 Å². The topological polar surface area (TPSA) is 67.7 Å². The van der Waals surface area contributed by atoms with E-state index in [1.54, 1.807) is 7.11 Å². The Hall–Kier alpha value is -3.02. The molecule has 2 heterocycles. The Balaban J connectivity index is 1.50. The molecule has 2 N–H and O–H groups in total. The number of carbonyl (C=O) groups excluding carboxylic acids is 1. The number of rotatable bonds is 6. The molecule has 1 atom stereocenters. The van der Waals surface area contributed by atoms with Crippen molar-refractivity contribution < 1.29 is 9.53 Å². The van der Waals surface area contributed by atoms with Gasteiger partial charge < -0.3 is 19.8 Å². The lowest BCUT2D eigenvalue weighted by molar-refractivity contribution is 0.238. The second-order valence-electron chi connectivity index (χ2n) is 5.81. The first-order valence-electron chi connectivity index (χ1n) is 8.27. The molecule has 3 rings (SSSR count). The molecule has 130 valence electrons. The molecule has 0 aliphatic rings. The van der Waals surface area contributed by atoms with Crippen molar-refractivity contribution in [1.82, 2.24) is 20.0 Å². The van der Waals surface area contributed by atoms with Crippen LogP contribution in [0.5, 0.6) is 5.75 Å². The summed E-state index contributed by atoms with van der Waals surface area (Å²) in [4.78, 5) is 16.6. The summed E-state index contributed by atoms with van der Waals surface area (Å²) in [5.74, 6) is 0.764. The van der Waals surface area contributed by atoms with Crippen LogP contribution in [-0.4, -0.2) is 29.1 Å². The molecule has 25 heavy (non-hydrogen) atoms. The number of para-hydroxylation sites is 1. The van der Waals surface area contributed by atoms with Gasteiger partial charge in [-0.1, -0.05) is 24.3 Å². The van der Waals surface area contributed by atoms with Gasteiger partial charge in [0.2, 0.25) is 0 Å². The predicted octanol–water partition coefficient (Wildman–Crippen LogP) is 2.95. The number of imidazole rings is 1. The molecule has 3 aromatic rings. The summed E-state index contributed by atoms with van der Waals surface area (Å²) < 4.78 is 7.30. The van der Waals surface area contributed by atoms with Gasteiger partial charge in [0.25, 0.3) is 0 Å². The maximum atomic E-state index is 12.1. The minimum absolute atomic E-state index is 0.147. The van der Waals surface area contributed by atoms with Crippen LogP contribution in [0.4, 0.5) is 4.79 Å². The largest absolute Gasteiger partial charge is 0.496 e. The van der Waals surface area contributed by atoms with Crippen molar-refractivity contribution in [3.8, 4) is 5.75 Å². The van der Waals surface area contributed by atoms with Gasteiger partial charge in [0.05, 0.1) is 18.8 Å². The summed E-state index contributed by atoms with van der Waals surface area (Å²) in [6, 6.07) is 13.2. The van der Waals surface area contributed by atoms with E-state index in [0.717, 1.165) is 22.7 Å². The second kappa shape index (κ2) is 7.70. The van der Waals surface area contributed by atoms with Gasteiger partial charge in [-0.15, -0.1) is 0 Å². The van der Waals surface area contributed by atoms with Gasteiger partial charge >= 0.3 is 6.03 Å². The minimum atomic E-state index is -0.206. The van der Waals surface area contributed by atoms with Crippen LogP contribution in [0, 0.1) is 0 Å². The average Bonchev–Trinajstić information content (AvgIpc) is 3.04. The molecule has 0 aliphatic heterocycles. The van der Waals surface area contributed by atoms with Crippen molar-refractivity contribution in [2.24, 2.45) is 0 Å². The number of urea groups is 1. The molecule has 1 aromatic carbocycles. The van der Waals surface area contributed by atoms with Crippen molar-refractivity contribution in [3.05, 3.63) is 66.1 Å². The van der Waals surface area contributed by atoms with Gasteiger partial charge in [-0.25, -0.2) is 9.78 Å². The fourth-order valence-corrected chi connectivity index (χ4v) is 2.76. The first-order chi connectivity index (χ1) is 12.2. The van der Waals surface area contributed by atoms with Gasteiger partial charge in [-0.3, -0.25) is 0 Å². The Bertz CT molecular complexity index is 826. The van der Waals surface area contributed by atoms with E-state index in [1.165, 1.54) is 0 Å². The van der Waals surface area contributed by atoms with Crippen LogP contribution in [0.2, 0.25) is 0 Å². The summed E-state index contributed by atoms with van der Waals surface area (Å²) in [6.07, 6.45) is 4.62. The third-order valence-electron chi connectivity index (χ3n) is 4.03. The molecule has 0 aliphatic carbocycles. The zero-order valence-corrected chi connectivity index (χ0v) is 14.4. The van der Waals surface area contributed by atoms with E-state index in [9.17, 15) is 4.79 Å². The minimum Gasteiger partial charge on any atom is -0.496 e. The van der Waals surface area contributed by atoms with Crippen LogP contribution in [0.25, 0.3) is 5.65 Å². The van der Waals surface area contributed by atoms with Crippen molar-refractivity contribution >= 4 is 11.7 Å². The summed E-state index contributed by atoms with van der Waals surface area (Å²) in [7, 11) is 1.63. The van der Waals surface area contributed by atoms with Crippen LogP contribution >= 0.6 is 0 Å². The maximum absolute atomic E-state index is 12.1. The van der Waals surface area contributed by atoms with Gasteiger partial charge in [0.1, 0.15) is 11.4 Å². The number of ether oxygens (including phenoxy) is 1. The number of aromatic nitrogens is 2. The Morgan fingerprint density at radius 2 is 2.04 bits per heavy atom. The number of hydrogen-bond acceptors (Lipinski definition) is 3. The molecule has 6 heteroatoms. The summed E-state index contributed by atoms with van der Waals surface area (Å²) in [5.41, 5.74) is 2.80. The van der Waals surface area contributed by atoms with Crippen LogP contribution < -0.4 is 15.4 Å². The van der Waals surface area contributed by atoms with Crippen LogP contribution in [0.3, 0.4) is 0 Å². The molecule has 0 fully saturated rings. The number of methoxy groups -OCH3 is 1. The first kappa shape index (κ1) is 16.8. The van der Waals surface area contributed by atoms with E-state index >= 15 is 0 Å². The normalized spacial score (nSPS) is 11.9. The van der Waals surface area contributed by atoms with E-state index in [-0.39, 0.29) is 12.1 Å². The third kappa shape index (κ3) is 4.09. The highest BCUT2D eigenvalue weighted by Gasteiger charge is 2.13. The Morgan fingerprint density at radius 1 is 1.24 bits per heavy atom. The van der Waals surface area contributed by atoms with Crippen LogP contribution in [0.15, 0.2) is 54.9 Å². The highest BCUT2D eigenvalue weighted by atomic mass is 16.5. The fourth-order valence-electron chi connectivity index (χ4n) is 2.76. The molecule has 2 amide bonds. The molecular weight excluding hydrogens is 316 g/mol. The number of hydrogen-bond donors (Lipinski definition) is 2. The number of carbonyl (C=O) groups is 1. The molecule has 0 bridgehead atoms. The molecular formula is C19H22N4O2. The Labute approximate surface area is 146 Å². The van der Waals surface area contributed by atoms with Gasteiger partial charge in [0.15, 0.2) is 0 Å². The highest BCUT2D eigenvalue weighted by molar-refractivity contribution is 5.74. The zero-order valence-electron chi connectivity index (χ0n) is 14.4. The van der Waals surface area contributed by atoms with Crippen molar-refractivity contribution in [1.29, 1.82) is 0 Å². The maximum Gasteiger partial charge on any atom is 0.315 e. The standard InChI is InChI=1S/C19H22N4O2/c1-14(16-7-3-4-8-17(16)25-2)21-19(24)20-11-10-15-13-23-12-6-5-9-18(23)22-15/h3-9,12-14H,10-11H2,1-2H3,(H2,20,21,24). The predicted molar refractivity (Wildman–Crippen MR) is 96.8 cm³/mol. The van der Waals surface area contributed by atoms with E-state index < -0.39 is 0 Å². The van der Waals surface area contributed by atoms with Crippen LogP contribution in [0.1, 0.15) is 24.2 Å². The molecule has 6 nitrogen and oxygen atoms in total. The Kier molecular flexibility index (Phi) is 5.18. The molecule has 0 radical (unpaired) electrons. The number of amides is 2. The van der Waals surface area contributed by atoms with E-state index in [0.29, 0.717) is 13.0 Å². The average molecular weight is 338 g/mol.